The zero-order valence-corrected chi connectivity index (χ0v) is 44.5. The van der Waals surface area contributed by atoms with E-state index in [9.17, 15) is 74.1 Å². The molecule has 1 aromatic heterocycles. The highest BCUT2D eigenvalue weighted by molar-refractivity contribution is 7.90. The van der Waals surface area contributed by atoms with E-state index in [1.54, 1.807) is 0 Å². The lowest BCUT2D eigenvalue weighted by Gasteiger charge is -2.33. The number of benzene rings is 1. The van der Waals surface area contributed by atoms with Gasteiger partial charge in [0, 0.05) is 57.1 Å². The molecule has 4 heterocycles. The van der Waals surface area contributed by atoms with E-state index in [0.717, 1.165) is 67.4 Å². The molecule has 15 N–H and O–H groups in total. The van der Waals surface area contributed by atoms with Crippen molar-refractivity contribution in [2.75, 3.05) is 26.2 Å². The fraction of sp³-hybridized carbons (Fsp3) is 0.612. The van der Waals surface area contributed by atoms with Gasteiger partial charge in [0.2, 0.25) is 47.2 Å². The number of ether oxygens (including phenoxy) is 1. The Hall–Kier alpha value is -6.48. The Morgan fingerprint density at radius 3 is 2.19 bits per heavy atom. The predicted octanol–water partition coefficient (Wildman–Crippen LogP) is -3.29. The number of β-amino-alcohol motifs (C(OH)–C–C–N with tert-alkyl or cyclic N) is 1. The van der Waals surface area contributed by atoms with Crippen LogP contribution in [0.1, 0.15) is 94.5 Å². The molecule has 13 unspecified atom stereocenters. The quantitative estimate of drug-likeness (QED) is 0.0252. The van der Waals surface area contributed by atoms with E-state index in [0.29, 0.717) is 6.61 Å². The molecule has 8 amide bonds. The Labute approximate surface area is 458 Å². The van der Waals surface area contributed by atoms with Crippen LogP contribution in [0, 0.1) is 5.92 Å². The number of aliphatic hydroxyl groups excluding tert-OH is 6. The van der Waals surface area contributed by atoms with E-state index in [-0.39, 0.29) is 35.1 Å². The number of carbonyl (C=O) groups is 8. The van der Waals surface area contributed by atoms with Crippen molar-refractivity contribution in [1.29, 1.82) is 0 Å². The molecular formula is C49H71N9O20S. The lowest BCUT2D eigenvalue weighted by atomic mass is 9.98. The largest absolute Gasteiger partial charge is 0.504 e. The van der Waals surface area contributed by atoms with Gasteiger partial charge in [0.25, 0.3) is 18.2 Å². The number of rotatable bonds is 21. The summed E-state index contributed by atoms with van der Waals surface area (Å²) in [6, 6.07) is -5.30. The number of pyridine rings is 1. The topological polar surface area (TPSA) is 441 Å². The van der Waals surface area contributed by atoms with Crippen LogP contribution in [0.5, 0.6) is 17.4 Å². The van der Waals surface area contributed by atoms with Crippen LogP contribution in [0.2, 0.25) is 0 Å². The summed E-state index contributed by atoms with van der Waals surface area (Å²) in [5, 5.41) is 102. The molecule has 29 nitrogen and oxygen atoms in total. The molecule has 1 aromatic carbocycles. The summed E-state index contributed by atoms with van der Waals surface area (Å²) >= 11 is 0.0586. The Balaban J connectivity index is 1.52. The highest BCUT2D eigenvalue weighted by atomic mass is 32.2. The van der Waals surface area contributed by atoms with Crippen molar-refractivity contribution in [3.05, 3.63) is 47.7 Å². The van der Waals surface area contributed by atoms with Crippen LogP contribution >= 0.6 is 12.3 Å². The van der Waals surface area contributed by atoms with Crippen LogP contribution in [0.3, 0.4) is 0 Å². The number of hydrogen-bond acceptors (Lipinski definition) is 22. The fourth-order valence-electron chi connectivity index (χ4n) is 9.32. The van der Waals surface area contributed by atoms with Crippen LogP contribution in [-0.4, -0.2) is 202 Å². The van der Waals surface area contributed by atoms with Crippen molar-refractivity contribution in [2.45, 2.75) is 158 Å². The van der Waals surface area contributed by atoms with Crippen LogP contribution in [0.15, 0.2) is 36.5 Å². The number of phenolic OH excluding ortho intramolecular Hbond substituents is 1. The number of unbranched alkanes of at least 4 members (excludes halogenated alkanes) is 5. The number of aromatic nitrogens is 1. The number of phenols is 1. The number of nitrogens with two attached hydrogens (primary N) is 1. The molecule has 2 aromatic rings. The first-order chi connectivity index (χ1) is 37.5. The molecule has 3 aliphatic rings. The van der Waals surface area contributed by atoms with Crippen LogP contribution in [0.4, 0.5) is 0 Å². The first-order valence-corrected chi connectivity index (χ1v) is 26.4. The third-order valence-corrected chi connectivity index (χ3v) is 13.9. The summed E-state index contributed by atoms with van der Waals surface area (Å²) in [5.74, 6) is -10.8. The minimum atomic E-state index is -2.21. The van der Waals surface area contributed by atoms with Crippen LogP contribution < -0.4 is 41.2 Å². The number of hydrogen-bond donors (Lipinski definition) is 14. The Morgan fingerprint density at radius 1 is 0.835 bits per heavy atom. The minimum absolute atomic E-state index is 0.0586. The van der Waals surface area contributed by atoms with Gasteiger partial charge >= 0.3 is 0 Å². The Kier molecular flexibility index (Phi) is 24.2. The summed E-state index contributed by atoms with van der Waals surface area (Å²) in [5.41, 5.74) is 5.40. The average Bonchev–Trinajstić information content (AvgIpc) is 4.02. The third kappa shape index (κ3) is 17.8. The van der Waals surface area contributed by atoms with Gasteiger partial charge in [-0.15, -0.1) is 0 Å². The normalized spacial score (nSPS) is 26.8. The van der Waals surface area contributed by atoms with Gasteiger partial charge in [0.05, 0.1) is 55.2 Å². The van der Waals surface area contributed by atoms with Crippen molar-refractivity contribution >= 4 is 59.6 Å². The maximum Gasteiger partial charge on any atom is 0.261 e. The molecule has 13 atom stereocenters. The van der Waals surface area contributed by atoms with E-state index >= 15 is 0 Å². The van der Waals surface area contributed by atoms with Crippen molar-refractivity contribution in [3.63, 3.8) is 0 Å². The number of carbonyl (C=O) groups excluding carboxylic acids is 8. The maximum atomic E-state index is 14.6. The van der Waals surface area contributed by atoms with E-state index in [2.05, 4.69) is 47.9 Å². The lowest BCUT2D eigenvalue weighted by molar-refractivity contribution is -0.433. The zero-order chi connectivity index (χ0) is 58.1. The third-order valence-electron chi connectivity index (χ3n) is 13.6. The number of aliphatic hydroxyl groups is 6. The van der Waals surface area contributed by atoms with Gasteiger partial charge in [-0.3, -0.25) is 38.4 Å². The maximum absolute atomic E-state index is 14.6. The molecule has 0 bridgehead atoms. The first kappa shape index (κ1) is 63.4. The fourth-order valence-corrected chi connectivity index (χ4v) is 9.58. The van der Waals surface area contributed by atoms with Gasteiger partial charge in [-0.1, -0.05) is 61.4 Å². The van der Waals surface area contributed by atoms with Gasteiger partial charge in [-0.05, 0) is 37.1 Å². The second-order valence-electron chi connectivity index (χ2n) is 19.8. The average molecular weight is 1140 g/mol. The highest BCUT2D eigenvalue weighted by Gasteiger charge is 2.50. The summed E-state index contributed by atoms with van der Waals surface area (Å²) < 4.78 is 15.0. The molecule has 0 spiro atoms. The molecule has 5 rings (SSSR count). The predicted molar refractivity (Wildman–Crippen MR) is 273 cm³/mol. The minimum Gasteiger partial charge on any atom is -0.504 e. The van der Waals surface area contributed by atoms with Crippen LogP contribution in [0.25, 0.3) is 0 Å². The number of amides is 8. The second kappa shape index (κ2) is 30.2. The van der Waals surface area contributed by atoms with E-state index in [4.69, 9.17) is 19.9 Å². The summed E-state index contributed by atoms with van der Waals surface area (Å²) in [7, 11) is 0. The lowest BCUT2D eigenvalue weighted by Crippen LogP contribution is -2.64. The molecule has 3 aliphatic heterocycles. The summed E-state index contributed by atoms with van der Waals surface area (Å²) in [4.78, 5) is 118. The van der Waals surface area contributed by atoms with Gasteiger partial charge in [-0.25, -0.2) is 10.2 Å². The molecule has 3 fully saturated rings. The molecule has 0 radical (unpaired) electrons. The molecule has 438 valence electrons. The summed E-state index contributed by atoms with van der Waals surface area (Å²) in [6.07, 6.45) is -6.17. The van der Waals surface area contributed by atoms with Gasteiger partial charge in [0.1, 0.15) is 36.3 Å². The Bertz CT molecular complexity index is 2430. The summed E-state index contributed by atoms with van der Waals surface area (Å²) in [6.45, 7) is 3.39. The van der Waals surface area contributed by atoms with E-state index < -0.39 is 177 Å². The van der Waals surface area contributed by atoms with Crippen molar-refractivity contribution in [1.82, 2.24) is 41.4 Å². The van der Waals surface area contributed by atoms with Crippen molar-refractivity contribution in [3.8, 4) is 17.4 Å². The highest BCUT2D eigenvalue weighted by Crippen LogP contribution is 2.31. The zero-order valence-electron chi connectivity index (χ0n) is 43.7. The van der Waals surface area contributed by atoms with Crippen LogP contribution in [-0.2, 0) is 49.4 Å². The Morgan fingerprint density at radius 2 is 1.52 bits per heavy atom. The SMILES string of the molecule is CCCCCCCCOc1ccc(C(=O)NC2CC(O)CNC(=O)C3C(O)C(C)CN3C(=O)C(C(O)CC(N)=O)NC(=O)C(C(O)Cc3ccc(O)c(OSOOO)c3)NC(=O)C3CC(O)CN3C(=O)C(C(C)O)NC2=O)cn1. The monoisotopic (exact) mass is 1140 g/mol. The molecular weight excluding hydrogens is 1070 g/mol. The molecule has 3 saturated heterocycles. The first-order valence-electron chi connectivity index (χ1n) is 25.7. The number of fused-ring (bicyclic) bond motifs is 2. The molecule has 0 saturated carbocycles. The van der Waals surface area contributed by atoms with E-state index in [1.807, 2.05) is 0 Å². The van der Waals surface area contributed by atoms with Crippen molar-refractivity contribution < 1.29 is 97.7 Å². The van der Waals surface area contributed by atoms with Crippen molar-refractivity contribution in [2.24, 2.45) is 11.7 Å². The molecule has 30 heteroatoms. The smallest absolute Gasteiger partial charge is 0.261 e. The molecule has 79 heavy (non-hydrogen) atoms. The standard InChI is InChI=1S/C49H71N9O20S/c1-4-5-6-7-8-9-14-75-37-13-11-27(20-51-37)43(67)53-30-17-28(60)21-52-47(71)41-42(66)24(2)22-58(41)49(73)40(34(64)19-36(50)65)56-46(70)39(33(63)15-26-10-12-32(62)35(16-26)76-79-78-77-74)55-45(69)31-18-29(61)23-57(31)48(72)38(25(3)59)54-44(30)68/h10-13,16,20,24-25,28-31,33-34,38-42,59-64,66,74H,4-9,14-15,17-19,21-23H2,1-3H3,(H2,50,65)(H,52,71)(H,53,67)(H,54,68)(H,55,69)(H,56,70). The van der Waals surface area contributed by atoms with Gasteiger partial charge in [0.15, 0.2) is 11.5 Å². The molecule has 0 aliphatic carbocycles. The number of nitrogens with zero attached hydrogens (tertiary/aromatic N) is 3. The second-order valence-corrected chi connectivity index (χ2v) is 20.2. The number of nitrogens with one attached hydrogen (secondary N) is 5. The van der Waals surface area contributed by atoms with Gasteiger partial charge < -0.3 is 86.8 Å². The van der Waals surface area contributed by atoms with E-state index in [1.165, 1.54) is 31.3 Å². The number of primary amides is 1. The van der Waals surface area contributed by atoms with Gasteiger partial charge in [-0.2, -0.15) is 0 Å². The number of aromatic hydroxyl groups is 1.